The molecule has 6 nitrogen and oxygen atoms in total. The van der Waals surface area contributed by atoms with Gasteiger partial charge in [-0.05, 0) is 42.5 Å². The van der Waals surface area contributed by atoms with Gasteiger partial charge in [0.2, 0.25) is 5.91 Å². The molecule has 6 heteroatoms. The number of nitrogens with two attached hydrogens (primary N) is 1. The molecule has 1 aromatic heterocycles. The molecule has 2 aromatic carbocycles. The molecule has 0 saturated heterocycles. The number of carbonyl (C=O) groups is 2. The van der Waals surface area contributed by atoms with Crippen molar-refractivity contribution in [2.24, 2.45) is 5.73 Å². The number of nitrogens with one attached hydrogen (secondary N) is 2. The van der Waals surface area contributed by atoms with Crippen LogP contribution >= 0.6 is 0 Å². The minimum absolute atomic E-state index is 0.232. The third kappa shape index (κ3) is 3.12. The molecule has 0 fully saturated rings. The van der Waals surface area contributed by atoms with Crippen molar-refractivity contribution in [3.63, 3.8) is 0 Å². The number of anilines is 1. The summed E-state index contributed by atoms with van der Waals surface area (Å²) in [7, 11) is 0. The number of nitrogens with zero attached hydrogens (tertiary/aromatic N) is 1. The molecule has 3 aromatic rings. The molecule has 0 spiro atoms. The van der Waals surface area contributed by atoms with Crippen molar-refractivity contribution in [3.05, 3.63) is 59.4 Å². The number of amides is 2. The molecule has 24 heavy (non-hydrogen) atoms. The third-order valence-corrected chi connectivity index (χ3v) is 3.74. The van der Waals surface area contributed by atoms with Gasteiger partial charge in [-0.15, -0.1) is 0 Å². The summed E-state index contributed by atoms with van der Waals surface area (Å²) in [5.74, 6) is 0.450. The largest absolute Gasteiger partial charge is 0.366 e. The maximum Gasteiger partial charge on any atom is 0.255 e. The lowest BCUT2D eigenvalue weighted by atomic mass is 10.1. The van der Waals surface area contributed by atoms with Crippen LogP contribution in [0.15, 0.2) is 42.5 Å². The van der Waals surface area contributed by atoms with Gasteiger partial charge in [-0.2, -0.15) is 0 Å². The first-order chi connectivity index (χ1) is 11.4. The zero-order chi connectivity index (χ0) is 17.3. The van der Waals surface area contributed by atoms with Crippen LogP contribution in [0, 0.1) is 0 Å². The Kier molecular flexibility index (Phi) is 4.04. The Bertz CT molecular complexity index is 910. The second-order valence-electron chi connectivity index (χ2n) is 5.90. The normalized spacial score (nSPS) is 11.0. The van der Waals surface area contributed by atoms with E-state index in [1.54, 1.807) is 36.4 Å². The number of imidazole rings is 1. The highest BCUT2D eigenvalue weighted by molar-refractivity contribution is 6.06. The highest BCUT2D eigenvalue weighted by atomic mass is 16.2. The van der Waals surface area contributed by atoms with Crippen molar-refractivity contribution in [2.45, 2.75) is 19.8 Å². The lowest BCUT2D eigenvalue weighted by Gasteiger charge is -2.06. The highest BCUT2D eigenvalue weighted by Crippen LogP contribution is 2.19. The van der Waals surface area contributed by atoms with E-state index in [1.165, 1.54) is 0 Å². The van der Waals surface area contributed by atoms with Gasteiger partial charge < -0.3 is 16.0 Å². The number of aromatic amines is 1. The Balaban J connectivity index is 1.81. The molecule has 0 saturated carbocycles. The van der Waals surface area contributed by atoms with E-state index in [0.29, 0.717) is 22.7 Å². The Hall–Kier alpha value is -3.15. The topological polar surface area (TPSA) is 101 Å². The number of H-pyrrole nitrogens is 1. The third-order valence-electron chi connectivity index (χ3n) is 3.74. The summed E-state index contributed by atoms with van der Waals surface area (Å²) in [4.78, 5) is 31.2. The van der Waals surface area contributed by atoms with E-state index in [4.69, 9.17) is 5.73 Å². The van der Waals surface area contributed by atoms with Crippen LogP contribution in [-0.2, 0) is 0 Å². The maximum atomic E-state index is 12.4. The number of fused-ring (bicyclic) bond motifs is 1. The highest BCUT2D eigenvalue weighted by Gasteiger charge is 2.11. The standard InChI is InChI=1S/C18H18N4O2/c1-10(2)17-21-14-8-5-12(9-15(14)22-17)18(24)20-13-6-3-11(4-7-13)16(19)23/h3-10H,1-2H3,(H2,19,23)(H,20,24)(H,21,22). The van der Waals surface area contributed by atoms with E-state index < -0.39 is 5.91 Å². The Labute approximate surface area is 139 Å². The molecule has 0 aliphatic heterocycles. The number of aromatic nitrogens is 2. The van der Waals surface area contributed by atoms with Crippen molar-refractivity contribution in [2.75, 3.05) is 5.32 Å². The zero-order valence-electron chi connectivity index (χ0n) is 13.5. The smallest absolute Gasteiger partial charge is 0.255 e. The predicted octanol–water partition coefficient (Wildman–Crippen LogP) is 3.04. The van der Waals surface area contributed by atoms with E-state index in [9.17, 15) is 9.59 Å². The van der Waals surface area contributed by atoms with Gasteiger partial charge in [0.05, 0.1) is 11.0 Å². The molecule has 2 amide bonds. The van der Waals surface area contributed by atoms with Crippen LogP contribution in [0.1, 0.15) is 46.3 Å². The van der Waals surface area contributed by atoms with Gasteiger partial charge in [0, 0.05) is 22.7 Å². The van der Waals surface area contributed by atoms with Crippen molar-refractivity contribution >= 4 is 28.5 Å². The van der Waals surface area contributed by atoms with E-state index in [2.05, 4.69) is 29.1 Å². The minimum Gasteiger partial charge on any atom is -0.366 e. The Morgan fingerprint density at radius 2 is 1.75 bits per heavy atom. The fraction of sp³-hybridized carbons (Fsp3) is 0.167. The quantitative estimate of drug-likeness (QED) is 0.688. The van der Waals surface area contributed by atoms with Crippen LogP contribution in [0.2, 0.25) is 0 Å². The summed E-state index contributed by atoms with van der Waals surface area (Å²) in [5.41, 5.74) is 8.38. The van der Waals surface area contributed by atoms with Gasteiger partial charge in [0.15, 0.2) is 0 Å². The summed E-state index contributed by atoms with van der Waals surface area (Å²) >= 11 is 0. The number of primary amides is 1. The van der Waals surface area contributed by atoms with E-state index in [1.807, 2.05) is 6.07 Å². The second-order valence-corrected chi connectivity index (χ2v) is 5.90. The fourth-order valence-corrected chi connectivity index (χ4v) is 2.37. The Morgan fingerprint density at radius 1 is 1.08 bits per heavy atom. The Morgan fingerprint density at radius 3 is 2.38 bits per heavy atom. The molecule has 0 aliphatic rings. The summed E-state index contributed by atoms with van der Waals surface area (Å²) in [5, 5.41) is 2.79. The average molecular weight is 322 g/mol. The van der Waals surface area contributed by atoms with Crippen LogP contribution in [0.4, 0.5) is 5.69 Å². The van der Waals surface area contributed by atoms with Gasteiger partial charge >= 0.3 is 0 Å². The summed E-state index contributed by atoms with van der Waals surface area (Å²) in [6, 6.07) is 11.8. The number of rotatable bonds is 4. The zero-order valence-corrected chi connectivity index (χ0v) is 13.5. The summed E-state index contributed by atoms with van der Waals surface area (Å²) < 4.78 is 0. The number of carbonyl (C=O) groups excluding carboxylic acids is 2. The van der Waals surface area contributed by atoms with Crippen LogP contribution in [0.25, 0.3) is 11.0 Å². The van der Waals surface area contributed by atoms with Gasteiger partial charge in [-0.25, -0.2) is 4.98 Å². The van der Waals surface area contributed by atoms with Crippen LogP contribution in [0.5, 0.6) is 0 Å². The lowest BCUT2D eigenvalue weighted by molar-refractivity contribution is 0.0998. The fourth-order valence-electron chi connectivity index (χ4n) is 2.37. The summed E-state index contributed by atoms with van der Waals surface area (Å²) in [6.45, 7) is 4.11. The molecule has 1 heterocycles. The average Bonchev–Trinajstić information content (AvgIpc) is 2.98. The number of hydrogen-bond acceptors (Lipinski definition) is 3. The van der Waals surface area contributed by atoms with Crippen LogP contribution in [0.3, 0.4) is 0 Å². The SMILES string of the molecule is CC(C)c1nc2ccc(C(=O)Nc3ccc(C(N)=O)cc3)cc2[nH]1. The predicted molar refractivity (Wildman–Crippen MR) is 93.1 cm³/mol. The second kappa shape index (κ2) is 6.16. The molecular weight excluding hydrogens is 304 g/mol. The first-order valence-corrected chi connectivity index (χ1v) is 7.65. The van der Waals surface area contributed by atoms with Crippen molar-refractivity contribution < 1.29 is 9.59 Å². The molecule has 3 rings (SSSR count). The molecule has 4 N–H and O–H groups in total. The first kappa shape index (κ1) is 15.7. The van der Waals surface area contributed by atoms with Gasteiger partial charge in [0.1, 0.15) is 5.82 Å². The maximum absolute atomic E-state index is 12.4. The van der Waals surface area contributed by atoms with Crippen molar-refractivity contribution in [3.8, 4) is 0 Å². The monoisotopic (exact) mass is 322 g/mol. The molecular formula is C18H18N4O2. The van der Waals surface area contributed by atoms with Gasteiger partial charge in [0.25, 0.3) is 5.91 Å². The van der Waals surface area contributed by atoms with Crippen molar-refractivity contribution in [1.29, 1.82) is 0 Å². The van der Waals surface area contributed by atoms with Gasteiger partial charge in [-0.1, -0.05) is 13.8 Å². The van der Waals surface area contributed by atoms with Crippen LogP contribution < -0.4 is 11.1 Å². The van der Waals surface area contributed by atoms with Crippen LogP contribution in [-0.4, -0.2) is 21.8 Å². The first-order valence-electron chi connectivity index (χ1n) is 7.65. The number of benzene rings is 2. The van der Waals surface area contributed by atoms with E-state index in [0.717, 1.165) is 16.9 Å². The number of hydrogen-bond donors (Lipinski definition) is 3. The molecule has 0 atom stereocenters. The van der Waals surface area contributed by atoms with E-state index >= 15 is 0 Å². The van der Waals surface area contributed by atoms with Crippen molar-refractivity contribution in [1.82, 2.24) is 9.97 Å². The molecule has 0 unspecified atom stereocenters. The van der Waals surface area contributed by atoms with Gasteiger partial charge in [-0.3, -0.25) is 9.59 Å². The molecule has 0 radical (unpaired) electrons. The molecule has 0 bridgehead atoms. The lowest BCUT2D eigenvalue weighted by Crippen LogP contribution is -2.13. The minimum atomic E-state index is -0.501. The molecule has 0 aliphatic carbocycles. The van der Waals surface area contributed by atoms with E-state index in [-0.39, 0.29) is 5.91 Å². The summed E-state index contributed by atoms with van der Waals surface area (Å²) in [6.07, 6.45) is 0. The molecule has 122 valence electrons.